The lowest BCUT2D eigenvalue weighted by atomic mass is 9.76. The third-order valence-corrected chi connectivity index (χ3v) is 4.06. The lowest BCUT2D eigenvalue weighted by Gasteiger charge is -2.42. The van der Waals surface area contributed by atoms with E-state index in [9.17, 15) is 14.4 Å². The summed E-state index contributed by atoms with van der Waals surface area (Å²) in [5.74, 6) is 1.81. The van der Waals surface area contributed by atoms with Crippen LogP contribution in [0.5, 0.6) is 0 Å². The average Bonchev–Trinajstić information content (AvgIpc) is 2.56. The molecule has 22 heavy (non-hydrogen) atoms. The van der Waals surface area contributed by atoms with Gasteiger partial charge >= 0.3 is 6.09 Å². The summed E-state index contributed by atoms with van der Waals surface area (Å²) in [6, 6.07) is 0. The zero-order chi connectivity index (χ0) is 16.4. The third-order valence-electron chi connectivity index (χ3n) is 4.06. The molecule has 2 aliphatic heterocycles. The lowest BCUT2D eigenvalue weighted by Crippen LogP contribution is -2.51. The first-order valence-corrected chi connectivity index (χ1v) is 7.71. The standard InChI is InChI=1S/C16H24N2O4/c1-15(2,3)22-14(21)18-6-4-5-16(11-18)8-13(20)7-12(9-19)17-10-16/h17H,4-8,10-11H2,1-3H3. The first kappa shape index (κ1) is 16.6. The smallest absolute Gasteiger partial charge is 0.410 e. The molecule has 0 aliphatic carbocycles. The highest BCUT2D eigenvalue weighted by Gasteiger charge is 2.41. The van der Waals surface area contributed by atoms with Crippen molar-refractivity contribution in [3.8, 4) is 0 Å². The van der Waals surface area contributed by atoms with Gasteiger partial charge in [-0.3, -0.25) is 4.79 Å². The normalized spacial score (nSPS) is 26.2. The number of allylic oxidation sites excluding steroid dienone is 1. The molecule has 2 rings (SSSR count). The monoisotopic (exact) mass is 308 g/mol. The van der Waals surface area contributed by atoms with Gasteiger partial charge in [-0.2, -0.15) is 0 Å². The minimum Gasteiger partial charge on any atom is -0.444 e. The zero-order valence-corrected chi connectivity index (χ0v) is 13.5. The van der Waals surface area contributed by atoms with Gasteiger partial charge in [0, 0.05) is 31.5 Å². The van der Waals surface area contributed by atoms with Crippen LogP contribution in [0.4, 0.5) is 4.79 Å². The van der Waals surface area contributed by atoms with Crippen molar-refractivity contribution in [3.05, 3.63) is 5.70 Å². The number of nitrogens with one attached hydrogen (secondary N) is 1. The van der Waals surface area contributed by atoms with Crippen molar-refractivity contribution >= 4 is 17.8 Å². The van der Waals surface area contributed by atoms with Crippen molar-refractivity contribution < 1.29 is 19.1 Å². The molecule has 1 atom stereocenters. The first-order chi connectivity index (χ1) is 10.2. The summed E-state index contributed by atoms with van der Waals surface area (Å²) >= 11 is 0. The average molecular weight is 308 g/mol. The summed E-state index contributed by atoms with van der Waals surface area (Å²) in [7, 11) is 0. The molecule has 2 aliphatic rings. The van der Waals surface area contributed by atoms with Gasteiger partial charge in [0.25, 0.3) is 0 Å². The van der Waals surface area contributed by atoms with Crippen LogP contribution < -0.4 is 5.32 Å². The Morgan fingerprint density at radius 1 is 1.41 bits per heavy atom. The number of hydrogen-bond donors (Lipinski definition) is 1. The molecule has 1 spiro atoms. The molecule has 2 fully saturated rings. The number of likely N-dealkylation sites (tertiary alicyclic amines) is 1. The second-order valence-electron chi connectivity index (χ2n) is 7.33. The quantitative estimate of drug-likeness (QED) is 0.689. The first-order valence-electron chi connectivity index (χ1n) is 7.71. The second-order valence-corrected chi connectivity index (χ2v) is 7.33. The van der Waals surface area contributed by atoms with Crippen molar-refractivity contribution in [2.24, 2.45) is 5.41 Å². The molecule has 0 radical (unpaired) electrons. The molecule has 122 valence electrons. The number of nitrogens with zero attached hydrogens (tertiary/aromatic N) is 1. The Hall–Kier alpha value is -1.81. The number of hydrogen-bond acceptors (Lipinski definition) is 5. The van der Waals surface area contributed by atoms with Crippen molar-refractivity contribution in [2.75, 3.05) is 19.6 Å². The van der Waals surface area contributed by atoms with E-state index in [0.29, 0.717) is 31.8 Å². The van der Waals surface area contributed by atoms with Crippen molar-refractivity contribution in [2.45, 2.75) is 52.1 Å². The fourth-order valence-electron chi connectivity index (χ4n) is 3.15. The molecule has 2 saturated heterocycles. The molecular formula is C16H24N2O4. The maximum atomic E-state index is 12.3. The molecule has 6 nitrogen and oxygen atoms in total. The van der Waals surface area contributed by atoms with Crippen LogP contribution in [0.25, 0.3) is 0 Å². The van der Waals surface area contributed by atoms with E-state index < -0.39 is 5.60 Å². The predicted octanol–water partition coefficient (Wildman–Crippen LogP) is 1.67. The van der Waals surface area contributed by atoms with Gasteiger partial charge in [-0.05, 0) is 33.6 Å². The number of ether oxygens (including phenoxy) is 1. The number of rotatable bonds is 0. The van der Waals surface area contributed by atoms with Gasteiger partial charge < -0.3 is 15.0 Å². The van der Waals surface area contributed by atoms with Gasteiger partial charge in [0.1, 0.15) is 23.0 Å². The molecule has 0 bridgehead atoms. The van der Waals surface area contributed by atoms with Crippen LogP contribution in [0.15, 0.2) is 5.70 Å². The molecule has 0 saturated carbocycles. The van der Waals surface area contributed by atoms with Gasteiger partial charge in [0.05, 0.1) is 6.42 Å². The van der Waals surface area contributed by atoms with E-state index in [1.165, 1.54) is 0 Å². The van der Waals surface area contributed by atoms with Crippen molar-refractivity contribution in [3.63, 3.8) is 0 Å². The number of amides is 1. The molecule has 1 N–H and O–H groups in total. The Morgan fingerprint density at radius 2 is 2.14 bits per heavy atom. The summed E-state index contributed by atoms with van der Waals surface area (Å²) in [6.45, 7) is 7.14. The second kappa shape index (κ2) is 6.13. The molecule has 0 aromatic rings. The molecule has 6 heteroatoms. The molecule has 2 heterocycles. The van der Waals surface area contributed by atoms with Gasteiger partial charge in [-0.25, -0.2) is 9.59 Å². The van der Waals surface area contributed by atoms with Crippen LogP contribution >= 0.6 is 0 Å². The summed E-state index contributed by atoms with van der Waals surface area (Å²) in [4.78, 5) is 36.8. The van der Waals surface area contributed by atoms with Crippen LogP contribution in [0.2, 0.25) is 0 Å². The maximum Gasteiger partial charge on any atom is 0.410 e. The fourth-order valence-corrected chi connectivity index (χ4v) is 3.15. The van der Waals surface area contributed by atoms with E-state index in [-0.39, 0.29) is 23.7 Å². The Morgan fingerprint density at radius 3 is 2.77 bits per heavy atom. The molecule has 0 aromatic heterocycles. The van der Waals surface area contributed by atoms with E-state index in [0.717, 1.165) is 12.8 Å². The fraction of sp³-hybridized carbons (Fsp3) is 0.750. The predicted molar refractivity (Wildman–Crippen MR) is 80.9 cm³/mol. The zero-order valence-electron chi connectivity index (χ0n) is 13.5. The number of carbonyl (C=O) groups is 2. The van der Waals surface area contributed by atoms with Crippen LogP contribution in [-0.4, -0.2) is 48.0 Å². The number of Topliss-reactive ketones (excluding diaryl/α,β-unsaturated/α-hetero) is 1. The minimum atomic E-state index is -0.535. The third kappa shape index (κ3) is 4.10. The molecular weight excluding hydrogens is 284 g/mol. The topological polar surface area (TPSA) is 75.7 Å². The van der Waals surface area contributed by atoms with E-state index in [1.807, 2.05) is 20.8 Å². The van der Waals surface area contributed by atoms with Crippen LogP contribution in [0.1, 0.15) is 46.5 Å². The highest BCUT2D eigenvalue weighted by atomic mass is 16.6. The van der Waals surface area contributed by atoms with E-state index in [2.05, 4.69) is 5.32 Å². The lowest BCUT2D eigenvalue weighted by molar-refractivity contribution is -0.121. The number of ketones is 1. The number of piperidine rings is 1. The highest BCUT2D eigenvalue weighted by Crippen LogP contribution is 2.36. The summed E-state index contributed by atoms with van der Waals surface area (Å²) in [6.07, 6.45) is 1.84. The van der Waals surface area contributed by atoms with Gasteiger partial charge in [-0.1, -0.05) is 0 Å². The Labute approximate surface area is 130 Å². The molecule has 1 unspecified atom stereocenters. The van der Waals surface area contributed by atoms with E-state index in [1.54, 1.807) is 10.8 Å². The van der Waals surface area contributed by atoms with Crippen molar-refractivity contribution in [1.29, 1.82) is 0 Å². The van der Waals surface area contributed by atoms with Crippen LogP contribution in [0.3, 0.4) is 0 Å². The molecule has 0 aromatic carbocycles. The summed E-state index contributed by atoms with van der Waals surface area (Å²) < 4.78 is 5.43. The maximum absolute atomic E-state index is 12.3. The van der Waals surface area contributed by atoms with Gasteiger partial charge in [-0.15, -0.1) is 0 Å². The van der Waals surface area contributed by atoms with E-state index >= 15 is 0 Å². The summed E-state index contributed by atoms with van der Waals surface area (Å²) in [5, 5.41) is 3.02. The van der Waals surface area contributed by atoms with Gasteiger partial charge in [0.15, 0.2) is 0 Å². The Kier molecular flexibility index (Phi) is 4.61. The molecule has 1 amide bonds. The Balaban J connectivity index is 2.10. The Bertz CT molecular complexity index is 517. The van der Waals surface area contributed by atoms with Crippen molar-refractivity contribution in [1.82, 2.24) is 10.2 Å². The summed E-state index contributed by atoms with van der Waals surface area (Å²) in [5.41, 5.74) is -0.534. The van der Waals surface area contributed by atoms with Crippen LogP contribution in [-0.2, 0) is 14.3 Å². The SMILES string of the molecule is CC(C)(C)OC(=O)N1CCCC2(CNC(=C=O)CC(=O)C2)C1. The minimum absolute atomic E-state index is 0.0226. The largest absolute Gasteiger partial charge is 0.444 e. The highest BCUT2D eigenvalue weighted by molar-refractivity contribution is 5.84. The van der Waals surface area contributed by atoms with E-state index in [4.69, 9.17) is 4.74 Å². The van der Waals surface area contributed by atoms with Crippen LogP contribution in [0, 0.1) is 5.41 Å². The number of carbonyl (C=O) groups excluding carboxylic acids is 3. The van der Waals surface area contributed by atoms with Gasteiger partial charge in [0.2, 0.25) is 0 Å².